The summed E-state index contributed by atoms with van der Waals surface area (Å²) in [5.74, 6) is 0. The van der Waals surface area contributed by atoms with Gasteiger partial charge in [-0.3, -0.25) is 0 Å². The van der Waals surface area contributed by atoms with Gasteiger partial charge in [-0.25, -0.2) is 4.79 Å². The minimum absolute atomic E-state index is 0.0962. The molecule has 0 bridgehead atoms. The lowest BCUT2D eigenvalue weighted by atomic mass is 9.96. The maximum Gasteiger partial charge on any atom is 0.317 e. The van der Waals surface area contributed by atoms with E-state index in [2.05, 4.69) is 5.32 Å². The molecule has 2 atom stereocenters. The highest BCUT2D eigenvalue weighted by Gasteiger charge is 2.27. The van der Waals surface area contributed by atoms with Crippen LogP contribution in [0.3, 0.4) is 0 Å². The molecule has 0 unspecified atom stereocenters. The minimum Gasteiger partial charge on any atom is -0.372 e. The zero-order chi connectivity index (χ0) is 12.3. The molecule has 1 heterocycles. The molecule has 2 rings (SSSR count). The molecular formula is C13H24N2O2. The second-order valence-electron chi connectivity index (χ2n) is 5.45. The van der Waals surface area contributed by atoms with Crippen LogP contribution in [-0.4, -0.2) is 42.3 Å². The third kappa shape index (κ3) is 3.60. The number of carbonyl (C=O) groups excluding carboxylic acids is 1. The fourth-order valence-electron chi connectivity index (χ4n) is 2.86. The van der Waals surface area contributed by atoms with Crippen molar-refractivity contribution in [2.75, 3.05) is 13.1 Å². The first-order chi connectivity index (χ1) is 8.15. The Kier molecular flexibility index (Phi) is 4.26. The first-order valence-corrected chi connectivity index (χ1v) is 6.86. The number of urea groups is 1. The van der Waals surface area contributed by atoms with E-state index in [1.165, 1.54) is 19.3 Å². The summed E-state index contributed by atoms with van der Waals surface area (Å²) in [6, 6.07) is 0.489. The highest BCUT2D eigenvalue weighted by Crippen LogP contribution is 2.18. The molecular weight excluding hydrogens is 216 g/mol. The number of rotatable bonds is 1. The fraction of sp³-hybridized carbons (Fsp3) is 0.923. The van der Waals surface area contributed by atoms with Gasteiger partial charge in [0.15, 0.2) is 0 Å². The Morgan fingerprint density at radius 1 is 1.12 bits per heavy atom. The van der Waals surface area contributed by atoms with Crippen LogP contribution < -0.4 is 5.32 Å². The smallest absolute Gasteiger partial charge is 0.317 e. The molecule has 4 heteroatoms. The number of hydrogen-bond acceptors (Lipinski definition) is 2. The van der Waals surface area contributed by atoms with E-state index < -0.39 is 0 Å². The average molecular weight is 240 g/mol. The van der Waals surface area contributed by atoms with E-state index in [0.717, 1.165) is 12.8 Å². The van der Waals surface area contributed by atoms with Crippen molar-refractivity contribution in [2.24, 2.45) is 0 Å². The average Bonchev–Trinajstić information content (AvgIpc) is 2.29. The summed E-state index contributed by atoms with van der Waals surface area (Å²) < 4.78 is 5.63. The monoisotopic (exact) mass is 240 g/mol. The van der Waals surface area contributed by atoms with E-state index in [4.69, 9.17) is 4.74 Å². The Balaban J connectivity index is 1.81. The normalized spacial score (nSPS) is 31.3. The lowest BCUT2D eigenvalue weighted by Gasteiger charge is -2.36. The van der Waals surface area contributed by atoms with Gasteiger partial charge in [0.2, 0.25) is 0 Å². The molecule has 17 heavy (non-hydrogen) atoms. The van der Waals surface area contributed by atoms with Crippen molar-refractivity contribution in [3.63, 3.8) is 0 Å². The molecule has 0 aromatic rings. The predicted octanol–water partition coefficient (Wildman–Crippen LogP) is 2.14. The van der Waals surface area contributed by atoms with Gasteiger partial charge in [-0.05, 0) is 26.7 Å². The molecule has 0 aromatic heterocycles. The molecule has 0 aromatic carbocycles. The van der Waals surface area contributed by atoms with Crippen molar-refractivity contribution in [1.82, 2.24) is 10.2 Å². The van der Waals surface area contributed by atoms with Gasteiger partial charge in [0.1, 0.15) is 0 Å². The summed E-state index contributed by atoms with van der Waals surface area (Å²) in [6.07, 6.45) is 6.40. The van der Waals surface area contributed by atoms with Crippen molar-refractivity contribution in [3.8, 4) is 0 Å². The predicted molar refractivity (Wildman–Crippen MR) is 67.0 cm³/mol. The first-order valence-electron chi connectivity index (χ1n) is 6.86. The summed E-state index contributed by atoms with van der Waals surface area (Å²) >= 11 is 0. The summed E-state index contributed by atoms with van der Waals surface area (Å²) in [6.45, 7) is 5.47. The van der Waals surface area contributed by atoms with Gasteiger partial charge in [0.05, 0.1) is 12.2 Å². The van der Waals surface area contributed by atoms with E-state index in [1.54, 1.807) is 0 Å². The number of nitrogens with zero attached hydrogens (tertiary/aromatic N) is 1. The maximum absolute atomic E-state index is 12.1. The quantitative estimate of drug-likeness (QED) is 0.763. The number of morpholine rings is 1. The minimum atomic E-state index is 0.0962. The molecule has 1 aliphatic heterocycles. The third-order valence-electron chi connectivity index (χ3n) is 3.64. The second-order valence-corrected chi connectivity index (χ2v) is 5.45. The van der Waals surface area contributed by atoms with Crippen LogP contribution in [0.25, 0.3) is 0 Å². The van der Waals surface area contributed by atoms with Gasteiger partial charge in [-0.15, -0.1) is 0 Å². The van der Waals surface area contributed by atoms with Gasteiger partial charge in [0, 0.05) is 19.1 Å². The number of ether oxygens (including phenoxy) is 1. The Bertz CT molecular complexity index is 254. The van der Waals surface area contributed by atoms with Gasteiger partial charge < -0.3 is 15.0 Å². The van der Waals surface area contributed by atoms with Crippen LogP contribution in [-0.2, 0) is 4.74 Å². The fourth-order valence-corrected chi connectivity index (χ4v) is 2.86. The molecule has 2 aliphatic rings. The van der Waals surface area contributed by atoms with E-state index in [0.29, 0.717) is 19.1 Å². The largest absolute Gasteiger partial charge is 0.372 e. The Morgan fingerprint density at radius 2 is 1.71 bits per heavy atom. The zero-order valence-electron chi connectivity index (χ0n) is 10.9. The molecule has 4 nitrogen and oxygen atoms in total. The molecule has 1 aliphatic carbocycles. The Morgan fingerprint density at radius 3 is 2.29 bits per heavy atom. The van der Waals surface area contributed by atoms with Crippen LogP contribution in [0.2, 0.25) is 0 Å². The molecule has 2 amide bonds. The molecule has 1 N–H and O–H groups in total. The van der Waals surface area contributed by atoms with Crippen LogP contribution in [0, 0.1) is 0 Å². The lowest BCUT2D eigenvalue weighted by Crippen LogP contribution is -2.53. The summed E-state index contributed by atoms with van der Waals surface area (Å²) in [5.41, 5.74) is 0. The Hall–Kier alpha value is -0.770. The van der Waals surface area contributed by atoms with Gasteiger partial charge >= 0.3 is 6.03 Å². The number of hydrogen-bond donors (Lipinski definition) is 1. The topological polar surface area (TPSA) is 41.6 Å². The zero-order valence-corrected chi connectivity index (χ0v) is 10.9. The Labute approximate surface area is 104 Å². The molecule has 1 saturated carbocycles. The standard InChI is InChI=1S/C13H24N2O2/c1-10-8-15(9-11(2)17-10)13(16)14-12-6-4-3-5-7-12/h10-12H,3-9H2,1-2H3,(H,14,16)/t10-,11-/m1/s1. The van der Waals surface area contributed by atoms with Crippen molar-refractivity contribution >= 4 is 6.03 Å². The number of nitrogens with one attached hydrogen (secondary N) is 1. The number of amides is 2. The molecule has 0 spiro atoms. The van der Waals surface area contributed by atoms with Crippen molar-refractivity contribution in [1.29, 1.82) is 0 Å². The van der Waals surface area contributed by atoms with Crippen LogP contribution in [0.5, 0.6) is 0 Å². The molecule has 1 saturated heterocycles. The van der Waals surface area contributed by atoms with E-state index in [-0.39, 0.29) is 18.2 Å². The van der Waals surface area contributed by atoms with Crippen LogP contribution >= 0.6 is 0 Å². The highest BCUT2D eigenvalue weighted by atomic mass is 16.5. The first kappa shape index (κ1) is 12.7. The van der Waals surface area contributed by atoms with Gasteiger partial charge in [-0.2, -0.15) is 0 Å². The van der Waals surface area contributed by atoms with Crippen LogP contribution in [0.15, 0.2) is 0 Å². The van der Waals surface area contributed by atoms with Gasteiger partial charge in [0.25, 0.3) is 0 Å². The van der Waals surface area contributed by atoms with Crippen LogP contribution in [0.4, 0.5) is 4.79 Å². The lowest BCUT2D eigenvalue weighted by molar-refractivity contribution is -0.0548. The van der Waals surface area contributed by atoms with E-state index in [1.807, 2.05) is 18.7 Å². The summed E-state index contributed by atoms with van der Waals surface area (Å²) in [7, 11) is 0. The summed E-state index contributed by atoms with van der Waals surface area (Å²) in [4.78, 5) is 14.0. The van der Waals surface area contributed by atoms with Crippen molar-refractivity contribution in [3.05, 3.63) is 0 Å². The molecule has 0 radical (unpaired) electrons. The van der Waals surface area contributed by atoms with Crippen LogP contribution in [0.1, 0.15) is 46.0 Å². The second kappa shape index (κ2) is 5.71. The maximum atomic E-state index is 12.1. The van der Waals surface area contributed by atoms with Crippen molar-refractivity contribution in [2.45, 2.75) is 64.2 Å². The van der Waals surface area contributed by atoms with E-state index in [9.17, 15) is 4.79 Å². The van der Waals surface area contributed by atoms with E-state index >= 15 is 0 Å². The SMILES string of the molecule is C[C@@H]1CN(C(=O)NC2CCCCC2)C[C@@H](C)O1. The third-order valence-corrected chi connectivity index (χ3v) is 3.64. The highest BCUT2D eigenvalue weighted by molar-refractivity contribution is 5.74. The van der Waals surface area contributed by atoms with Crippen molar-refractivity contribution < 1.29 is 9.53 Å². The number of carbonyl (C=O) groups is 1. The molecule has 2 fully saturated rings. The summed E-state index contributed by atoms with van der Waals surface area (Å²) in [5, 5.41) is 3.16. The molecule has 98 valence electrons. The van der Waals surface area contributed by atoms with Gasteiger partial charge in [-0.1, -0.05) is 19.3 Å².